The summed E-state index contributed by atoms with van der Waals surface area (Å²) in [5, 5.41) is 4.51. The molecule has 0 atom stereocenters. The minimum absolute atomic E-state index is 0.361. The summed E-state index contributed by atoms with van der Waals surface area (Å²) in [4.78, 5) is 4.39. The number of hydrogen-bond acceptors (Lipinski definition) is 4. The molecule has 0 aliphatic heterocycles. The summed E-state index contributed by atoms with van der Waals surface area (Å²) in [5.41, 5.74) is 8.01. The van der Waals surface area contributed by atoms with Crippen molar-refractivity contribution in [2.45, 2.75) is 26.2 Å². The van der Waals surface area contributed by atoms with Crippen molar-refractivity contribution < 1.29 is 0 Å². The normalized spacial score (nSPS) is 11.6. The van der Waals surface area contributed by atoms with Gasteiger partial charge in [-0.15, -0.1) is 0 Å². The average Bonchev–Trinajstić information content (AvgIpc) is 2.53. The molecule has 0 spiro atoms. The van der Waals surface area contributed by atoms with Gasteiger partial charge in [-0.2, -0.15) is 5.10 Å². The lowest BCUT2D eigenvalue weighted by Gasteiger charge is -2.21. The van der Waals surface area contributed by atoms with Gasteiger partial charge in [-0.1, -0.05) is 13.8 Å². The quantitative estimate of drug-likeness (QED) is 0.835. The van der Waals surface area contributed by atoms with Gasteiger partial charge in [0.15, 0.2) is 0 Å². The SMILES string of the molecule is CC(C)c1nn(C)c(N(C)CCCN(C)C)c1N. The van der Waals surface area contributed by atoms with Crippen molar-refractivity contribution in [3.63, 3.8) is 0 Å². The van der Waals surface area contributed by atoms with Crippen molar-refractivity contribution in [2.75, 3.05) is 44.9 Å². The largest absolute Gasteiger partial charge is 0.394 e. The Hall–Kier alpha value is -1.23. The van der Waals surface area contributed by atoms with E-state index in [1.165, 1.54) is 0 Å². The van der Waals surface area contributed by atoms with Gasteiger partial charge in [-0.05, 0) is 33.0 Å². The Morgan fingerprint density at radius 1 is 1.22 bits per heavy atom. The second kappa shape index (κ2) is 6.09. The Labute approximate surface area is 111 Å². The van der Waals surface area contributed by atoms with Gasteiger partial charge in [0.25, 0.3) is 0 Å². The molecule has 2 N–H and O–H groups in total. The molecule has 0 aromatic carbocycles. The van der Waals surface area contributed by atoms with E-state index in [1.807, 2.05) is 11.7 Å². The van der Waals surface area contributed by atoms with Crippen LogP contribution in [-0.4, -0.2) is 48.9 Å². The van der Waals surface area contributed by atoms with Gasteiger partial charge in [-0.3, -0.25) is 4.68 Å². The van der Waals surface area contributed by atoms with Crippen LogP contribution in [0.3, 0.4) is 0 Å². The number of nitrogens with two attached hydrogens (primary N) is 1. The summed E-state index contributed by atoms with van der Waals surface area (Å²) in [7, 11) is 8.22. The first-order valence-corrected chi connectivity index (χ1v) is 6.52. The van der Waals surface area contributed by atoms with E-state index in [0.717, 1.165) is 36.7 Å². The van der Waals surface area contributed by atoms with E-state index in [2.05, 4.69) is 49.9 Å². The van der Waals surface area contributed by atoms with Gasteiger partial charge >= 0.3 is 0 Å². The van der Waals surface area contributed by atoms with Gasteiger partial charge in [0.1, 0.15) is 5.82 Å². The molecule has 1 rings (SSSR count). The maximum atomic E-state index is 6.20. The molecule has 0 aliphatic carbocycles. The fourth-order valence-corrected chi connectivity index (χ4v) is 2.16. The van der Waals surface area contributed by atoms with Crippen molar-refractivity contribution in [1.29, 1.82) is 0 Å². The number of nitrogen functional groups attached to an aromatic ring is 1. The van der Waals surface area contributed by atoms with Crippen LogP contribution in [0.1, 0.15) is 31.9 Å². The van der Waals surface area contributed by atoms with Crippen molar-refractivity contribution in [1.82, 2.24) is 14.7 Å². The summed E-state index contributed by atoms with van der Waals surface area (Å²) < 4.78 is 1.89. The molecule has 0 aliphatic rings. The summed E-state index contributed by atoms with van der Waals surface area (Å²) in [6.07, 6.45) is 1.12. The fraction of sp³-hybridized carbons (Fsp3) is 0.769. The molecule has 0 amide bonds. The molecule has 1 heterocycles. The monoisotopic (exact) mass is 253 g/mol. The standard InChI is InChI=1S/C13H27N5/c1-10(2)12-11(14)13(18(6)15-12)17(5)9-7-8-16(3)4/h10H,7-9,14H2,1-6H3. The van der Waals surface area contributed by atoms with E-state index in [1.54, 1.807) is 0 Å². The van der Waals surface area contributed by atoms with E-state index in [4.69, 9.17) is 5.73 Å². The average molecular weight is 253 g/mol. The molecule has 1 aromatic rings. The lowest BCUT2D eigenvalue weighted by atomic mass is 10.1. The molecular formula is C13H27N5. The first-order valence-electron chi connectivity index (χ1n) is 6.52. The Bertz CT molecular complexity index is 381. The van der Waals surface area contributed by atoms with Crippen LogP contribution >= 0.6 is 0 Å². The maximum Gasteiger partial charge on any atom is 0.150 e. The first kappa shape index (κ1) is 14.8. The molecule has 5 heteroatoms. The molecule has 0 unspecified atom stereocenters. The number of nitrogens with zero attached hydrogens (tertiary/aromatic N) is 4. The minimum atomic E-state index is 0.361. The smallest absolute Gasteiger partial charge is 0.150 e. The van der Waals surface area contributed by atoms with Crippen molar-refractivity contribution in [3.8, 4) is 0 Å². The van der Waals surface area contributed by atoms with Crippen LogP contribution in [0.15, 0.2) is 0 Å². The highest BCUT2D eigenvalue weighted by Crippen LogP contribution is 2.29. The lowest BCUT2D eigenvalue weighted by Crippen LogP contribution is -2.25. The Balaban J connectivity index is 2.76. The number of aromatic nitrogens is 2. The van der Waals surface area contributed by atoms with Crippen LogP contribution in [0, 0.1) is 0 Å². The van der Waals surface area contributed by atoms with E-state index in [-0.39, 0.29) is 0 Å². The number of aryl methyl sites for hydroxylation is 1. The lowest BCUT2D eigenvalue weighted by molar-refractivity contribution is 0.401. The highest BCUT2D eigenvalue weighted by atomic mass is 15.4. The topological polar surface area (TPSA) is 50.3 Å². The van der Waals surface area contributed by atoms with E-state index < -0.39 is 0 Å². The Morgan fingerprint density at radius 3 is 2.28 bits per heavy atom. The summed E-state index contributed by atoms with van der Waals surface area (Å²) >= 11 is 0. The molecule has 0 bridgehead atoms. The molecule has 5 nitrogen and oxygen atoms in total. The summed E-state index contributed by atoms with van der Waals surface area (Å²) in [6.45, 7) is 6.31. The van der Waals surface area contributed by atoms with Gasteiger partial charge in [-0.25, -0.2) is 0 Å². The molecule has 104 valence electrons. The van der Waals surface area contributed by atoms with E-state index >= 15 is 0 Å². The number of anilines is 2. The van der Waals surface area contributed by atoms with Gasteiger partial charge in [0.05, 0.1) is 11.4 Å². The van der Waals surface area contributed by atoms with Crippen molar-refractivity contribution in [3.05, 3.63) is 5.69 Å². The third-order valence-electron chi connectivity index (χ3n) is 3.09. The molecule has 0 saturated heterocycles. The molecule has 0 radical (unpaired) electrons. The second-order valence-electron chi connectivity index (χ2n) is 5.48. The fourth-order valence-electron chi connectivity index (χ4n) is 2.16. The van der Waals surface area contributed by atoms with Crippen LogP contribution in [0.4, 0.5) is 11.5 Å². The molecule has 0 saturated carbocycles. The highest BCUT2D eigenvalue weighted by molar-refractivity contribution is 5.66. The Morgan fingerprint density at radius 2 is 1.83 bits per heavy atom. The van der Waals surface area contributed by atoms with E-state index in [9.17, 15) is 0 Å². The van der Waals surface area contributed by atoms with Crippen LogP contribution in [0.25, 0.3) is 0 Å². The third-order valence-corrected chi connectivity index (χ3v) is 3.09. The van der Waals surface area contributed by atoms with Crippen LogP contribution in [0.5, 0.6) is 0 Å². The maximum absolute atomic E-state index is 6.20. The van der Waals surface area contributed by atoms with E-state index in [0.29, 0.717) is 5.92 Å². The van der Waals surface area contributed by atoms with Crippen LogP contribution < -0.4 is 10.6 Å². The number of hydrogen-bond donors (Lipinski definition) is 1. The highest BCUT2D eigenvalue weighted by Gasteiger charge is 2.18. The summed E-state index contributed by atoms with van der Waals surface area (Å²) in [5.74, 6) is 1.39. The predicted octanol–water partition coefficient (Wildman–Crippen LogP) is 1.51. The second-order valence-corrected chi connectivity index (χ2v) is 5.48. The number of rotatable bonds is 6. The molecule has 0 fully saturated rings. The zero-order chi connectivity index (χ0) is 13.9. The Kier molecular flexibility index (Phi) is 5.02. The van der Waals surface area contributed by atoms with Gasteiger partial charge in [0.2, 0.25) is 0 Å². The zero-order valence-electron chi connectivity index (χ0n) is 12.6. The zero-order valence-corrected chi connectivity index (χ0v) is 12.6. The molecule has 18 heavy (non-hydrogen) atoms. The van der Waals surface area contributed by atoms with Crippen molar-refractivity contribution in [2.24, 2.45) is 7.05 Å². The predicted molar refractivity (Wildman–Crippen MR) is 78.2 cm³/mol. The van der Waals surface area contributed by atoms with Crippen LogP contribution in [0.2, 0.25) is 0 Å². The molecular weight excluding hydrogens is 226 g/mol. The first-order chi connectivity index (χ1) is 8.34. The third kappa shape index (κ3) is 3.38. The minimum Gasteiger partial charge on any atom is -0.394 e. The van der Waals surface area contributed by atoms with Gasteiger partial charge < -0.3 is 15.5 Å². The van der Waals surface area contributed by atoms with Gasteiger partial charge in [0, 0.05) is 20.6 Å². The molecule has 1 aromatic heterocycles. The van der Waals surface area contributed by atoms with Crippen molar-refractivity contribution >= 4 is 11.5 Å². The summed E-state index contributed by atoms with van der Waals surface area (Å²) in [6, 6.07) is 0. The van der Waals surface area contributed by atoms with Crippen LogP contribution in [-0.2, 0) is 7.05 Å².